The first kappa shape index (κ1) is 19.0. The summed E-state index contributed by atoms with van der Waals surface area (Å²) >= 11 is 7.55. The maximum atomic E-state index is 12.9. The molecule has 0 radical (unpaired) electrons. The maximum Gasteiger partial charge on any atom is 0.276 e. The Morgan fingerprint density at radius 2 is 2.00 bits per heavy atom. The molecule has 2 aliphatic heterocycles. The Labute approximate surface area is 181 Å². The van der Waals surface area contributed by atoms with E-state index < -0.39 is 6.17 Å². The monoisotopic (exact) mass is 436 g/mol. The van der Waals surface area contributed by atoms with Crippen molar-refractivity contribution in [1.82, 2.24) is 10.3 Å². The summed E-state index contributed by atoms with van der Waals surface area (Å²) in [6.45, 7) is 2.00. The summed E-state index contributed by atoms with van der Waals surface area (Å²) in [5, 5.41) is 11.7. The third kappa shape index (κ3) is 3.11. The number of nitrogens with zero attached hydrogens (tertiary/aromatic N) is 3. The van der Waals surface area contributed by atoms with Gasteiger partial charge in [-0.3, -0.25) is 10.1 Å². The molecule has 1 aromatic heterocycles. The molecule has 3 aromatic rings. The van der Waals surface area contributed by atoms with Gasteiger partial charge in [-0.15, -0.1) is 5.10 Å². The lowest BCUT2D eigenvalue weighted by molar-refractivity contribution is -0.116. The fourth-order valence-electron chi connectivity index (χ4n) is 3.60. The summed E-state index contributed by atoms with van der Waals surface area (Å²) in [5.74, 6) is 1.07. The number of benzene rings is 2. The number of amides is 1. The number of para-hydroxylation sites is 1. The van der Waals surface area contributed by atoms with Crippen molar-refractivity contribution in [2.45, 2.75) is 13.1 Å². The minimum atomic E-state index is -0.587. The molecule has 8 heteroatoms. The van der Waals surface area contributed by atoms with Crippen molar-refractivity contribution in [2.75, 3.05) is 6.26 Å². The Kier molecular flexibility index (Phi) is 4.64. The van der Waals surface area contributed by atoms with Gasteiger partial charge in [-0.2, -0.15) is 0 Å². The van der Waals surface area contributed by atoms with Gasteiger partial charge in [-0.1, -0.05) is 47.6 Å². The average molecular weight is 437 g/mol. The van der Waals surface area contributed by atoms with Crippen LogP contribution in [0.3, 0.4) is 0 Å². The predicted molar refractivity (Wildman–Crippen MR) is 118 cm³/mol. The third-order valence-electron chi connectivity index (χ3n) is 5.06. The van der Waals surface area contributed by atoms with Crippen LogP contribution in [0.25, 0.3) is 17.0 Å². The molecule has 3 heterocycles. The Bertz CT molecular complexity index is 1330. The Morgan fingerprint density at radius 1 is 1.17 bits per heavy atom. The molecule has 150 valence electrons. The highest BCUT2D eigenvalue weighted by molar-refractivity contribution is 8.13. The number of fused-ring (bicyclic) bond motifs is 2. The number of carbonyl (C=O) groups excluding carboxylic acids is 1. The van der Waals surface area contributed by atoms with Crippen molar-refractivity contribution in [3.63, 3.8) is 0 Å². The van der Waals surface area contributed by atoms with E-state index in [1.54, 1.807) is 5.01 Å². The molecule has 0 aliphatic carbocycles. The zero-order chi connectivity index (χ0) is 20.8. The molecule has 5 rings (SSSR count). The fraction of sp³-hybridized carbons (Fsp3) is 0.136. The minimum absolute atomic E-state index is 0.209. The highest BCUT2D eigenvalue weighted by atomic mass is 35.5. The van der Waals surface area contributed by atoms with Crippen LogP contribution >= 0.6 is 23.4 Å². The Morgan fingerprint density at radius 3 is 2.83 bits per heavy atom. The highest BCUT2D eigenvalue weighted by Crippen LogP contribution is 2.35. The molecule has 1 amide bonds. The van der Waals surface area contributed by atoms with E-state index in [9.17, 15) is 4.79 Å². The first-order chi connectivity index (χ1) is 14.5. The van der Waals surface area contributed by atoms with E-state index in [1.807, 2.05) is 67.8 Å². The van der Waals surface area contributed by atoms with Gasteiger partial charge in [0.15, 0.2) is 10.9 Å². The van der Waals surface area contributed by atoms with Crippen LogP contribution in [0.1, 0.15) is 17.5 Å². The zero-order valence-corrected chi connectivity index (χ0v) is 17.8. The van der Waals surface area contributed by atoms with Gasteiger partial charge in [0.1, 0.15) is 11.5 Å². The van der Waals surface area contributed by atoms with Crippen LogP contribution in [0.2, 0.25) is 5.02 Å². The summed E-state index contributed by atoms with van der Waals surface area (Å²) in [4.78, 5) is 17.7. The van der Waals surface area contributed by atoms with Gasteiger partial charge in [-0.25, -0.2) is 10.0 Å². The van der Waals surface area contributed by atoms with Crippen molar-refractivity contribution in [3.8, 4) is 11.3 Å². The molecule has 0 bridgehead atoms. The molecule has 0 unspecified atom stereocenters. The lowest BCUT2D eigenvalue weighted by atomic mass is 10.1. The van der Waals surface area contributed by atoms with Crippen LogP contribution in [0.15, 0.2) is 69.1 Å². The molecule has 6 nitrogen and oxygen atoms in total. The minimum Gasteiger partial charge on any atom is -0.457 e. The summed E-state index contributed by atoms with van der Waals surface area (Å²) in [7, 11) is 0. The highest BCUT2D eigenvalue weighted by Gasteiger charge is 2.35. The van der Waals surface area contributed by atoms with Gasteiger partial charge < -0.3 is 4.42 Å². The van der Waals surface area contributed by atoms with E-state index in [4.69, 9.17) is 21.0 Å². The van der Waals surface area contributed by atoms with Crippen molar-refractivity contribution in [3.05, 3.63) is 81.5 Å². The zero-order valence-electron chi connectivity index (χ0n) is 16.2. The van der Waals surface area contributed by atoms with E-state index in [0.717, 1.165) is 21.7 Å². The number of furan rings is 1. The predicted octanol–water partition coefficient (Wildman–Crippen LogP) is 3.41. The van der Waals surface area contributed by atoms with Gasteiger partial charge in [0.2, 0.25) is 6.17 Å². The van der Waals surface area contributed by atoms with Gasteiger partial charge >= 0.3 is 0 Å². The number of carbonyl (C=O) groups is 1. The number of hydrazone groups is 1. The molecule has 0 saturated heterocycles. The van der Waals surface area contributed by atoms with Crippen LogP contribution in [0, 0.1) is 6.92 Å². The summed E-state index contributed by atoms with van der Waals surface area (Å²) < 4.78 is 6.20. The van der Waals surface area contributed by atoms with E-state index in [0.29, 0.717) is 27.4 Å². The first-order valence-corrected chi connectivity index (χ1v) is 10.9. The van der Waals surface area contributed by atoms with Crippen LogP contribution in [-0.2, 0) is 4.79 Å². The van der Waals surface area contributed by atoms with Crippen LogP contribution < -0.4 is 15.9 Å². The van der Waals surface area contributed by atoms with Crippen molar-refractivity contribution >= 4 is 40.1 Å². The molecule has 0 fully saturated rings. The summed E-state index contributed by atoms with van der Waals surface area (Å²) in [6.07, 6.45) is 1.28. The molecule has 2 aliphatic rings. The second kappa shape index (κ2) is 7.34. The normalized spacial score (nSPS) is 17.6. The van der Waals surface area contributed by atoms with Gasteiger partial charge in [-0.05, 0) is 49.1 Å². The number of hydrogen-bond donors (Lipinski definition) is 1. The second-order valence-corrected chi connectivity index (χ2v) is 8.17. The fourth-order valence-corrected chi connectivity index (χ4v) is 4.14. The number of halogens is 1. The van der Waals surface area contributed by atoms with Gasteiger partial charge in [0.25, 0.3) is 5.91 Å². The molecule has 30 heavy (non-hydrogen) atoms. The summed E-state index contributed by atoms with van der Waals surface area (Å²) in [6, 6.07) is 17.0. The average Bonchev–Trinajstić information content (AvgIpc) is 3.24. The van der Waals surface area contributed by atoms with Crippen LogP contribution in [0.5, 0.6) is 0 Å². The largest absolute Gasteiger partial charge is 0.457 e. The third-order valence-corrected chi connectivity index (χ3v) is 5.86. The van der Waals surface area contributed by atoms with E-state index in [2.05, 4.69) is 10.4 Å². The SMILES string of the molecule is CSC1=NN2C(=c3ccccc3=N[C@@H]2c2ccc(-c3cc(Cl)ccc3C)o2)C(=O)N1. The maximum absolute atomic E-state index is 12.9. The number of thioether (sulfide) groups is 1. The van der Waals surface area contributed by atoms with Crippen LogP contribution in [-0.4, -0.2) is 22.3 Å². The Balaban J connectivity index is 1.67. The number of nitrogens with one attached hydrogen (secondary N) is 1. The van der Waals surface area contributed by atoms with Gasteiger partial charge in [0, 0.05) is 15.8 Å². The molecular weight excluding hydrogens is 420 g/mol. The number of rotatable bonds is 2. The van der Waals surface area contributed by atoms with Crippen molar-refractivity contribution in [2.24, 2.45) is 10.1 Å². The lowest BCUT2D eigenvalue weighted by Crippen LogP contribution is -2.50. The van der Waals surface area contributed by atoms with E-state index in [1.165, 1.54) is 11.8 Å². The smallest absolute Gasteiger partial charge is 0.276 e. The summed E-state index contributed by atoms with van der Waals surface area (Å²) in [5.41, 5.74) is 2.43. The lowest BCUT2D eigenvalue weighted by Gasteiger charge is -2.32. The second-order valence-electron chi connectivity index (χ2n) is 6.94. The first-order valence-electron chi connectivity index (χ1n) is 9.32. The standard InChI is InChI=1S/C22H17ClN4O2S/c1-12-7-8-13(23)11-15(12)17-9-10-18(29-17)20-24-16-6-4-3-5-14(16)19-21(28)25-22(30-2)26-27(19)20/h3-11,20H,1-2H3,(H,25,26,28)/t20-/m0/s1. The molecule has 0 spiro atoms. The van der Waals surface area contributed by atoms with E-state index in [-0.39, 0.29) is 5.91 Å². The van der Waals surface area contributed by atoms with Gasteiger partial charge in [0.05, 0.1) is 5.36 Å². The molecular formula is C22H17ClN4O2S. The van der Waals surface area contributed by atoms with E-state index >= 15 is 0 Å². The topological polar surface area (TPSA) is 70.2 Å². The number of amidine groups is 1. The van der Waals surface area contributed by atoms with Crippen LogP contribution in [0.4, 0.5) is 0 Å². The van der Waals surface area contributed by atoms with Crippen molar-refractivity contribution in [1.29, 1.82) is 0 Å². The molecule has 1 N–H and O–H groups in total. The molecule has 0 saturated carbocycles. The quantitative estimate of drug-likeness (QED) is 0.668. The van der Waals surface area contributed by atoms with Crippen molar-refractivity contribution < 1.29 is 9.21 Å². The Hall–Kier alpha value is -3.03. The molecule has 2 aromatic carbocycles. The number of hydrogen-bond acceptors (Lipinski definition) is 6. The molecule has 1 atom stereocenters. The number of aryl methyl sites for hydroxylation is 1.